The molecule has 0 bridgehead atoms. The Kier molecular flexibility index (Phi) is 7.24. The van der Waals surface area contributed by atoms with E-state index in [0.717, 1.165) is 4.90 Å². The Morgan fingerprint density at radius 1 is 1.36 bits per heavy atom. The van der Waals surface area contributed by atoms with E-state index in [1.54, 1.807) is 0 Å². The van der Waals surface area contributed by atoms with E-state index < -0.39 is 61.5 Å². The molecule has 0 saturated carbocycles. The number of carbonyl (C=O) groups is 3. The molecule has 1 aliphatic heterocycles. The normalized spacial score (nSPS) is 18.0. The van der Waals surface area contributed by atoms with E-state index in [1.165, 1.54) is 13.8 Å². The Labute approximate surface area is 144 Å². The molecule has 0 aliphatic carbocycles. The first-order valence-electron chi connectivity index (χ1n) is 7.90. The zero-order valence-corrected chi connectivity index (χ0v) is 14.3. The van der Waals surface area contributed by atoms with Gasteiger partial charge in [-0.05, 0) is 20.3 Å². The van der Waals surface area contributed by atoms with Crippen LogP contribution in [0.25, 0.3) is 0 Å². The summed E-state index contributed by atoms with van der Waals surface area (Å²) in [4.78, 5) is 35.8. The van der Waals surface area contributed by atoms with E-state index in [9.17, 15) is 23.2 Å². The van der Waals surface area contributed by atoms with Crippen molar-refractivity contribution in [2.45, 2.75) is 50.7 Å². The summed E-state index contributed by atoms with van der Waals surface area (Å²) in [5.74, 6) is -5.53. The molecule has 0 aromatic rings. The summed E-state index contributed by atoms with van der Waals surface area (Å²) in [5, 5.41) is 20.4. The molecule has 1 fully saturated rings. The molecular weight excluding hydrogens is 342 g/mol. The van der Waals surface area contributed by atoms with Gasteiger partial charge in [-0.25, -0.2) is 8.78 Å². The molecule has 1 aliphatic rings. The minimum atomic E-state index is -2.96. The first-order valence-corrected chi connectivity index (χ1v) is 7.90. The standard InChI is InChI=1S/C15H24F2N2O6/c1-14(2,9-20)25-12(23)7-18-10(3-4-11(21)22)13(24)19-6-5-15(16,17)8-19/h10,18,20H,3-9H2,1-2H3,(H,21,22)/t10-/m0/s1. The first kappa shape index (κ1) is 21.2. The fourth-order valence-electron chi connectivity index (χ4n) is 2.31. The molecule has 8 nitrogen and oxygen atoms in total. The molecule has 1 heterocycles. The molecule has 3 N–H and O–H groups in total. The van der Waals surface area contributed by atoms with Crippen LogP contribution in [0.1, 0.15) is 33.1 Å². The van der Waals surface area contributed by atoms with Gasteiger partial charge in [-0.15, -0.1) is 0 Å². The molecule has 0 aromatic carbocycles. The van der Waals surface area contributed by atoms with Crippen molar-refractivity contribution in [1.82, 2.24) is 10.2 Å². The number of likely N-dealkylation sites (tertiary alicyclic amines) is 1. The van der Waals surface area contributed by atoms with Crippen LogP contribution in [0.4, 0.5) is 8.78 Å². The number of carboxylic acids is 1. The molecule has 1 rings (SSSR count). The summed E-state index contributed by atoms with van der Waals surface area (Å²) in [7, 11) is 0. The SMILES string of the molecule is CC(C)(CO)OC(=O)CN[C@@H](CCC(=O)O)C(=O)N1CCC(F)(F)C1. The van der Waals surface area contributed by atoms with Crippen molar-refractivity contribution in [2.24, 2.45) is 0 Å². The monoisotopic (exact) mass is 366 g/mol. The molecule has 0 aromatic heterocycles. The fraction of sp³-hybridized carbons (Fsp3) is 0.800. The van der Waals surface area contributed by atoms with Crippen LogP contribution in [0.2, 0.25) is 0 Å². The smallest absolute Gasteiger partial charge is 0.320 e. The molecular formula is C15H24F2N2O6. The van der Waals surface area contributed by atoms with Crippen LogP contribution in [-0.2, 0) is 19.1 Å². The second-order valence-corrected chi connectivity index (χ2v) is 6.62. The molecule has 1 atom stereocenters. The summed E-state index contributed by atoms with van der Waals surface area (Å²) < 4.78 is 31.5. The number of esters is 1. The minimum absolute atomic E-state index is 0.126. The van der Waals surface area contributed by atoms with Gasteiger partial charge in [0.05, 0.1) is 25.7 Å². The van der Waals surface area contributed by atoms with Gasteiger partial charge in [0.15, 0.2) is 0 Å². The van der Waals surface area contributed by atoms with Gasteiger partial charge in [-0.3, -0.25) is 19.7 Å². The quantitative estimate of drug-likeness (QED) is 0.492. The Bertz CT molecular complexity index is 512. The summed E-state index contributed by atoms with van der Waals surface area (Å²) in [6.07, 6.45) is -0.950. The molecule has 0 radical (unpaired) electrons. The molecule has 0 spiro atoms. The van der Waals surface area contributed by atoms with Gasteiger partial charge in [-0.2, -0.15) is 0 Å². The average molecular weight is 366 g/mol. The fourth-order valence-corrected chi connectivity index (χ4v) is 2.31. The Morgan fingerprint density at radius 2 is 2.00 bits per heavy atom. The number of carboxylic acid groups (broad SMARTS) is 1. The van der Waals surface area contributed by atoms with Crippen molar-refractivity contribution < 1.29 is 38.1 Å². The number of halogens is 2. The van der Waals surface area contributed by atoms with E-state index in [0.29, 0.717) is 0 Å². The van der Waals surface area contributed by atoms with E-state index >= 15 is 0 Å². The lowest BCUT2D eigenvalue weighted by atomic mass is 10.1. The number of hydrogen-bond donors (Lipinski definition) is 3. The third-order valence-corrected chi connectivity index (χ3v) is 3.69. The van der Waals surface area contributed by atoms with Gasteiger partial charge in [0.25, 0.3) is 5.92 Å². The molecule has 25 heavy (non-hydrogen) atoms. The number of aliphatic hydroxyl groups is 1. The Balaban J connectivity index is 2.65. The van der Waals surface area contributed by atoms with Gasteiger partial charge in [0.2, 0.25) is 5.91 Å². The first-order chi connectivity index (χ1) is 11.5. The highest BCUT2D eigenvalue weighted by Gasteiger charge is 2.41. The highest BCUT2D eigenvalue weighted by atomic mass is 19.3. The molecule has 1 saturated heterocycles. The van der Waals surface area contributed by atoms with Gasteiger partial charge < -0.3 is 19.8 Å². The number of amides is 1. The van der Waals surface area contributed by atoms with Crippen LogP contribution < -0.4 is 5.32 Å². The van der Waals surface area contributed by atoms with Crippen LogP contribution in [0.3, 0.4) is 0 Å². The van der Waals surface area contributed by atoms with Gasteiger partial charge in [0, 0.05) is 19.4 Å². The van der Waals surface area contributed by atoms with Crippen LogP contribution in [0.5, 0.6) is 0 Å². The maximum absolute atomic E-state index is 13.3. The second-order valence-electron chi connectivity index (χ2n) is 6.62. The lowest BCUT2D eigenvalue weighted by Gasteiger charge is -2.25. The van der Waals surface area contributed by atoms with Crippen molar-refractivity contribution in [3.8, 4) is 0 Å². The number of nitrogens with zero attached hydrogens (tertiary/aromatic N) is 1. The number of aliphatic hydroxyl groups excluding tert-OH is 1. The topological polar surface area (TPSA) is 116 Å². The highest BCUT2D eigenvalue weighted by molar-refractivity contribution is 5.83. The maximum atomic E-state index is 13.3. The van der Waals surface area contributed by atoms with Gasteiger partial charge in [-0.1, -0.05) is 0 Å². The summed E-state index contributed by atoms with van der Waals surface area (Å²) in [6.45, 7) is 1.32. The minimum Gasteiger partial charge on any atom is -0.481 e. The number of carbonyl (C=O) groups excluding carboxylic acids is 2. The van der Waals surface area contributed by atoms with Gasteiger partial charge >= 0.3 is 11.9 Å². The number of aliphatic carboxylic acids is 1. The summed E-state index contributed by atoms with van der Waals surface area (Å²) in [6, 6.07) is -1.09. The van der Waals surface area contributed by atoms with E-state index in [4.69, 9.17) is 14.9 Å². The van der Waals surface area contributed by atoms with Crippen molar-refractivity contribution in [3.63, 3.8) is 0 Å². The lowest BCUT2D eigenvalue weighted by Crippen LogP contribution is -2.48. The average Bonchev–Trinajstić information content (AvgIpc) is 2.86. The number of nitrogens with one attached hydrogen (secondary N) is 1. The van der Waals surface area contributed by atoms with Crippen LogP contribution in [0.15, 0.2) is 0 Å². The van der Waals surface area contributed by atoms with Crippen LogP contribution >= 0.6 is 0 Å². The number of alkyl halides is 2. The predicted molar refractivity (Wildman–Crippen MR) is 82.1 cm³/mol. The third-order valence-electron chi connectivity index (χ3n) is 3.69. The van der Waals surface area contributed by atoms with Crippen LogP contribution in [-0.4, -0.2) is 76.8 Å². The Morgan fingerprint density at radius 3 is 2.48 bits per heavy atom. The predicted octanol–water partition coefficient (Wildman–Crippen LogP) is -0.00890. The lowest BCUT2D eigenvalue weighted by molar-refractivity contribution is -0.159. The highest BCUT2D eigenvalue weighted by Crippen LogP contribution is 2.27. The van der Waals surface area contributed by atoms with Crippen molar-refractivity contribution >= 4 is 17.8 Å². The molecule has 0 unspecified atom stereocenters. The summed E-state index contributed by atoms with van der Waals surface area (Å²) >= 11 is 0. The molecule has 1 amide bonds. The third kappa shape index (κ3) is 7.30. The number of ether oxygens (including phenoxy) is 1. The largest absolute Gasteiger partial charge is 0.481 e. The molecule has 10 heteroatoms. The van der Waals surface area contributed by atoms with Crippen LogP contribution in [0, 0.1) is 0 Å². The van der Waals surface area contributed by atoms with E-state index in [1.807, 2.05) is 0 Å². The Hall–Kier alpha value is -1.81. The van der Waals surface area contributed by atoms with Gasteiger partial charge in [0.1, 0.15) is 5.60 Å². The maximum Gasteiger partial charge on any atom is 0.320 e. The molecule has 144 valence electrons. The van der Waals surface area contributed by atoms with E-state index in [2.05, 4.69) is 5.32 Å². The zero-order valence-electron chi connectivity index (χ0n) is 14.3. The number of hydrogen-bond acceptors (Lipinski definition) is 6. The summed E-state index contributed by atoms with van der Waals surface area (Å²) in [5.41, 5.74) is -1.10. The van der Waals surface area contributed by atoms with Crippen molar-refractivity contribution in [1.29, 1.82) is 0 Å². The second kappa shape index (κ2) is 8.52. The van der Waals surface area contributed by atoms with Crippen molar-refractivity contribution in [3.05, 3.63) is 0 Å². The zero-order chi connectivity index (χ0) is 19.3. The van der Waals surface area contributed by atoms with Crippen molar-refractivity contribution in [2.75, 3.05) is 26.2 Å². The number of rotatable bonds is 9. The van der Waals surface area contributed by atoms with E-state index in [-0.39, 0.29) is 19.4 Å².